The van der Waals surface area contributed by atoms with Crippen LogP contribution in [0, 0.1) is 0 Å². The van der Waals surface area contributed by atoms with Gasteiger partial charge in [0, 0.05) is 38.9 Å². The van der Waals surface area contributed by atoms with E-state index < -0.39 is 0 Å². The molecular weight excluding hydrogens is 599 g/mol. The van der Waals surface area contributed by atoms with Crippen molar-refractivity contribution in [2.45, 2.75) is 51.9 Å². The average Bonchev–Trinajstić information content (AvgIpc) is 3.76. The minimum atomic E-state index is 0.0665. The standard InChI is InChI=1S/C45H43N3O/c1-5-18-34(48(35-22-12-9-13-23-35)41-26-17-16-25-38(41)45(4,6-2)7-3)24-15-14-19-32-27-29-39-37(31-32)36-28-30-40-43(42(36)46-39)49-44(47-40)33-20-10-8-11-21-33/h5,8-13,15-18,20-31,46H,1,6-7,14,19H2,2-4H3/b24-15-,34-18+. The smallest absolute Gasteiger partial charge is 0.227 e. The first-order valence-electron chi connectivity index (χ1n) is 17.4. The van der Waals surface area contributed by atoms with Gasteiger partial charge in [-0.05, 0) is 109 Å². The molecule has 5 aromatic carbocycles. The SMILES string of the molecule is C=C/C=C(\C=C/CCc1ccc2[nH]c3c(ccc4nc(-c5ccccc5)oc43)c2c1)N(c1ccccc1)c1ccccc1C(C)(CC)CC. The molecule has 0 fully saturated rings. The molecule has 4 nitrogen and oxygen atoms in total. The Morgan fingerprint density at radius 1 is 0.857 bits per heavy atom. The van der Waals surface area contributed by atoms with E-state index in [1.807, 2.05) is 36.4 Å². The van der Waals surface area contributed by atoms with Crippen molar-refractivity contribution in [3.8, 4) is 11.5 Å². The Bertz CT molecular complexity index is 2280. The van der Waals surface area contributed by atoms with Gasteiger partial charge in [-0.2, -0.15) is 0 Å². The van der Waals surface area contributed by atoms with Crippen LogP contribution >= 0.6 is 0 Å². The second-order valence-electron chi connectivity index (χ2n) is 13.0. The minimum Gasteiger partial charge on any atom is -0.434 e. The maximum absolute atomic E-state index is 6.30. The van der Waals surface area contributed by atoms with Crippen molar-refractivity contribution in [2.24, 2.45) is 0 Å². The fraction of sp³-hybridized carbons (Fsp3) is 0.178. The molecule has 0 unspecified atom stereocenters. The van der Waals surface area contributed by atoms with Gasteiger partial charge in [0.15, 0.2) is 5.58 Å². The molecular formula is C45H43N3O. The van der Waals surface area contributed by atoms with E-state index >= 15 is 0 Å². The molecule has 244 valence electrons. The highest BCUT2D eigenvalue weighted by atomic mass is 16.3. The number of hydrogen-bond acceptors (Lipinski definition) is 3. The zero-order valence-electron chi connectivity index (χ0n) is 28.6. The van der Waals surface area contributed by atoms with E-state index in [2.05, 4.69) is 140 Å². The second kappa shape index (κ2) is 13.9. The number of benzene rings is 5. The normalized spacial score (nSPS) is 12.4. The lowest BCUT2D eigenvalue weighted by Gasteiger charge is -2.35. The molecule has 1 N–H and O–H groups in total. The third-order valence-electron chi connectivity index (χ3n) is 10.0. The van der Waals surface area contributed by atoms with Crippen molar-refractivity contribution >= 4 is 44.3 Å². The molecule has 2 aromatic heterocycles. The number of para-hydroxylation sites is 2. The Hall–Kier alpha value is -5.61. The highest BCUT2D eigenvalue weighted by Crippen LogP contribution is 2.42. The zero-order chi connectivity index (χ0) is 33.8. The lowest BCUT2D eigenvalue weighted by atomic mass is 9.76. The van der Waals surface area contributed by atoms with Gasteiger partial charge in [0.1, 0.15) is 5.52 Å². The van der Waals surface area contributed by atoms with Crippen LogP contribution in [0.4, 0.5) is 11.4 Å². The van der Waals surface area contributed by atoms with E-state index in [0.29, 0.717) is 5.89 Å². The lowest BCUT2D eigenvalue weighted by Crippen LogP contribution is -2.25. The first kappa shape index (κ1) is 32.0. The Morgan fingerprint density at radius 2 is 1.59 bits per heavy atom. The van der Waals surface area contributed by atoms with Crippen molar-refractivity contribution in [1.82, 2.24) is 9.97 Å². The molecule has 7 rings (SSSR count). The van der Waals surface area contributed by atoms with Gasteiger partial charge in [0.25, 0.3) is 0 Å². The third-order valence-corrected chi connectivity index (χ3v) is 10.0. The first-order chi connectivity index (χ1) is 24.0. The van der Waals surface area contributed by atoms with Gasteiger partial charge >= 0.3 is 0 Å². The van der Waals surface area contributed by atoms with Crippen LogP contribution in [0.5, 0.6) is 0 Å². The number of aromatic amines is 1. The number of aromatic nitrogens is 2. The summed E-state index contributed by atoms with van der Waals surface area (Å²) in [5.74, 6) is 0.637. The zero-order valence-corrected chi connectivity index (χ0v) is 28.6. The van der Waals surface area contributed by atoms with Crippen molar-refractivity contribution in [3.05, 3.63) is 163 Å². The molecule has 0 radical (unpaired) electrons. The summed E-state index contributed by atoms with van der Waals surface area (Å²) in [5, 5.41) is 2.35. The topological polar surface area (TPSA) is 45.1 Å². The van der Waals surface area contributed by atoms with Gasteiger partial charge in [-0.15, -0.1) is 0 Å². The largest absolute Gasteiger partial charge is 0.434 e. The number of allylic oxidation sites excluding steroid dienone is 4. The maximum Gasteiger partial charge on any atom is 0.227 e. The monoisotopic (exact) mass is 641 g/mol. The first-order valence-corrected chi connectivity index (χ1v) is 17.4. The Morgan fingerprint density at radius 3 is 2.35 bits per heavy atom. The van der Waals surface area contributed by atoms with Crippen LogP contribution in [0.1, 0.15) is 51.2 Å². The summed E-state index contributed by atoms with van der Waals surface area (Å²) in [5.41, 5.74) is 10.8. The Labute approximate surface area is 289 Å². The fourth-order valence-corrected chi connectivity index (χ4v) is 6.85. The van der Waals surface area contributed by atoms with Gasteiger partial charge in [0.05, 0.1) is 5.52 Å². The summed E-state index contributed by atoms with van der Waals surface area (Å²) in [7, 11) is 0. The van der Waals surface area contributed by atoms with E-state index in [0.717, 1.165) is 70.2 Å². The summed E-state index contributed by atoms with van der Waals surface area (Å²) >= 11 is 0. The van der Waals surface area contributed by atoms with Crippen LogP contribution in [0.25, 0.3) is 44.4 Å². The van der Waals surface area contributed by atoms with E-state index in [1.54, 1.807) is 0 Å². The maximum atomic E-state index is 6.30. The molecule has 7 aromatic rings. The van der Waals surface area contributed by atoms with Crippen LogP contribution in [0.3, 0.4) is 0 Å². The lowest BCUT2D eigenvalue weighted by molar-refractivity contribution is 0.439. The van der Waals surface area contributed by atoms with Gasteiger partial charge in [-0.25, -0.2) is 4.98 Å². The summed E-state index contributed by atoms with van der Waals surface area (Å²) in [4.78, 5) is 10.7. The molecule has 0 amide bonds. The molecule has 4 heteroatoms. The quantitative estimate of drug-likeness (QED) is 0.135. The van der Waals surface area contributed by atoms with Crippen molar-refractivity contribution < 1.29 is 4.42 Å². The van der Waals surface area contributed by atoms with E-state index in [1.165, 1.54) is 22.2 Å². The number of nitrogens with one attached hydrogen (secondary N) is 1. The molecule has 0 spiro atoms. The summed E-state index contributed by atoms with van der Waals surface area (Å²) in [6, 6.07) is 40.5. The predicted molar refractivity (Wildman–Crippen MR) is 208 cm³/mol. The molecule has 2 heterocycles. The Kier molecular flexibility index (Phi) is 9.04. The van der Waals surface area contributed by atoms with Gasteiger partial charge in [-0.3, -0.25) is 0 Å². The summed E-state index contributed by atoms with van der Waals surface area (Å²) in [6.07, 6.45) is 12.5. The average molecular weight is 642 g/mol. The van der Waals surface area contributed by atoms with Gasteiger partial charge < -0.3 is 14.3 Å². The molecule has 0 saturated carbocycles. The molecule has 49 heavy (non-hydrogen) atoms. The number of fused-ring (bicyclic) bond motifs is 5. The molecule has 0 aliphatic carbocycles. The van der Waals surface area contributed by atoms with Crippen molar-refractivity contribution in [2.75, 3.05) is 4.90 Å². The fourth-order valence-electron chi connectivity index (χ4n) is 6.85. The van der Waals surface area contributed by atoms with Crippen molar-refractivity contribution in [1.29, 1.82) is 0 Å². The van der Waals surface area contributed by atoms with Crippen LogP contribution in [-0.4, -0.2) is 9.97 Å². The van der Waals surface area contributed by atoms with Crippen molar-refractivity contribution in [3.63, 3.8) is 0 Å². The van der Waals surface area contributed by atoms with E-state index in [-0.39, 0.29) is 5.41 Å². The minimum absolute atomic E-state index is 0.0665. The predicted octanol–water partition coefficient (Wildman–Crippen LogP) is 12.6. The number of aryl methyl sites for hydroxylation is 1. The molecule has 0 bridgehead atoms. The number of nitrogens with zero attached hydrogens (tertiary/aromatic N) is 2. The van der Waals surface area contributed by atoms with Gasteiger partial charge in [0.2, 0.25) is 5.89 Å². The molecule has 0 saturated heterocycles. The van der Waals surface area contributed by atoms with Crippen LogP contribution < -0.4 is 4.90 Å². The van der Waals surface area contributed by atoms with Crippen LogP contribution in [-0.2, 0) is 11.8 Å². The van der Waals surface area contributed by atoms with Gasteiger partial charge in [-0.1, -0.05) is 100 Å². The number of oxazole rings is 1. The van der Waals surface area contributed by atoms with E-state index in [4.69, 9.17) is 9.40 Å². The third kappa shape index (κ3) is 6.23. The molecule has 0 aliphatic rings. The summed E-state index contributed by atoms with van der Waals surface area (Å²) < 4.78 is 6.30. The van der Waals surface area contributed by atoms with E-state index in [9.17, 15) is 0 Å². The highest BCUT2D eigenvalue weighted by molar-refractivity contribution is 6.15. The Balaban J connectivity index is 1.17. The highest BCUT2D eigenvalue weighted by Gasteiger charge is 2.28. The van der Waals surface area contributed by atoms with Crippen LogP contribution in [0.15, 0.2) is 156 Å². The molecule has 0 aliphatic heterocycles. The molecule has 0 atom stereocenters. The number of H-pyrrole nitrogens is 1. The number of rotatable bonds is 12. The summed E-state index contributed by atoms with van der Waals surface area (Å²) in [6.45, 7) is 11.0. The second-order valence-corrected chi connectivity index (χ2v) is 13.0. The van der Waals surface area contributed by atoms with Crippen LogP contribution in [0.2, 0.25) is 0 Å². The number of hydrogen-bond donors (Lipinski definition) is 1. The number of anilines is 2.